The third-order valence-electron chi connectivity index (χ3n) is 0.698. The molecule has 0 aliphatic rings. The van der Waals surface area contributed by atoms with Crippen LogP contribution < -0.4 is 117 Å². The summed E-state index contributed by atoms with van der Waals surface area (Å²) < 4.78 is 4.12. The van der Waals surface area contributed by atoms with Gasteiger partial charge in [-0.25, -0.2) is 5.10 Å². The maximum absolute atomic E-state index is 9.77. The Labute approximate surface area is 149 Å². The number of hydrogen-bond donors (Lipinski definition) is 1. The quantitative estimate of drug-likeness (QED) is 0.485. The predicted molar refractivity (Wildman–Crippen MR) is 25.0 cm³/mol. The molecular weight excluding hydrogens is 201 g/mol. The summed E-state index contributed by atoms with van der Waals surface area (Å²) in [5.74, 6) is 0.102. The van der Waals surface area contributed by atoms with Gasteiger partial charge in [0.05, 0.1) is 6.20 Å². The van der Waals surface area contributed by atoms with Crippen molar-refractivity contribution in [2.45, 2.75) is 0 Å². The number of aromatic amines is 1. The van der Waals surface area contributed by atoms with Crippen molar-refractivity contribution in [2.75, 3.05) is 0 Å². The molecule has 5 nitrogen and oxygen atoms in total. The summed E-state index contributed by atoms with van der Waals surface area (Å²) in [6.07, 6.45) is 1.39. The first-order valence-corrected chi connectivity index (χ1v) is 2.27. The van der Waals surface area contributed by atoms with Crippen molar-refractivity contribution in [3.63, 3.8) is 0 Å². The van der Waals surface area contributed by atoms with Crippen LogP contribution in [0, 0.1) is 0 Å². The number of hydrogen-bond acceptors (Lipinski definition) is 4. The SMILES string of the molecule is [K+].[K+].[O-]B([O-])Oc1ccn[nH]1. The molecule has 0 radical (unpaired) electrons. The summed E-state index contributed by atoms with van der Waals surface area (Å²) in [5.41, 5.74) is 0. The largest absolute Gasteiger partial charge is 1.00 e. The number of nitrogens with one attached hydrogen (secondary N) is 1. The molecule has 0 aromatic carbocycles. The molecule has 1 aromatic rings. The van der Waals surface area contributed by atoms with Crippen LogP contribution in [0.4, 0.5) is 0 Å². The normalized spacial score (nSPS) is 7.45. The zero-order valence-electron chi connectivity index (χ0n) is 6.40. The molecule has 1 rings (SSSR count). The number of rotatable bonds is 2. The summed E-state index contributed by atoms with van der Waals surface area (Å²) >= 11 is 0. The second-order valence-corrected chi connectivity index (χ2v) is 1.33. The third kappa shape index (κ3) is 7.35. The van der Waals surface area contributed by atoms with E-state index in [0.29, 0.717) is 0 Å². The first-order valence-electron chi connectivity index (χ1n) is 2.27. The first-order chi connectivity index (χ1) is 4.29. The number of nitrogens with zero attached hydrogens (tertiary/aromatic N) is 1. The van der Waals surface area contributed by atoms with Crippen LogP contribution in [0.2, 0.25) is 0 Å². The summed E-state index contributed by atoms with van der Waals surface area (Å²) in [7, 11) is -2.29. The predicted octanol–water partition coefficient (Wildman–Crippen LogP) is -8.50. The summed E-state index contributed by atoms with van der Waals surface area (Å²) in [6.45, 7) is 0. The Morgan fingerprint density at radius 3 is 2.45 bits per heavy atom. The number of H-pyrrole nitrogens is 1. The van der Waals surface area contributed by atoms with Crippen LogP contribution in [0.3, 0.4) is 0 Å². The van der Waals surface area contributed by atoms with Crippen LogP contribution in [0.15, 0.2) is 12.3 Å². The van der Waals surface area contributed by atoms with Crippen LogP contribution in [0.1, 0.15) is 0 Å². The Bertz CT molecular complexity index is 171. The van der Waals surface area contributed by atoms with Gasteiger partial charge >= 0.3 is 103 Å². The Morgan fingerprint density at radius 1 is 1.45 bits per heavy atom. The number of aromatic nitrogens is 2. The molecule has 0 saturated carbocycles. The molecule has 11 heavy (non-hydrogen) atoms. The average Bonchev–Trinajstić information content (AvgIpc) is 2.15. The molecule has 0 spiro atoms. The van der Waals surface area contributed by atoms with E-state index in [1.54, 1.807) is 0 Å². The Morgan fingerprint density at radius 2 is 2.09 bits per heavy atom. The molecule has 0 fully saturated rings. The van der Waals surface area contributed by atoms with Gasteiger partial charge in [0.2, 0.25) is 0 Å². The molecule has 8 heteroatoms. The molecule has 0 aliphatic heterocycles. The van der Waals surface area contributed by atoms with Crippen molar-refractivity contribution < 1.29 is 117 Å². The summed E-state index contributed by atoms with van der Waals surface area (Å²) in [4.78, 5) is 0. The molecule has 1 aromatic heterocycles. The average molecular weight is 204 g/mol. The fourth-order valence-corrected chi connectivity index (χ4v) is 0.412. The van der Waals surface area contributed by atoms with Crippen molar-refractivity contribution in [3.05, 3.63) is 12.3 Å². The van der Waals surface area contributed by atoms with E-state index in [9.17, 15) is 10.0 Å². The van der Waals surface area contributed by atoms with Crippen LogP contribution in [-0.2, 0) is 0 Å². The molecule has 0 aliphatic carbocycles. The van der Waals surface area contributed by atoms with E-state index in [1.165, 1.54) is 12.3 Å². The fourth-order valence-electron chi connectivity index (χ4n) is 0.412. The monoisotopic (exact) mass is 204 g/mol. The Balaban J connectivity index is 0. The van der Waals surface area contributed by atoms with E-state index in [1.807, 2.05) is 0 Å². The van der Waals surface area contributed by atoms with Gasteiger partial charge in [-0.15, -0.1) is 0 Å². The topological polar surface area (TPSA) is 84.0 Å². The maximum Gasteiger partial charge on any atom is 1.00 e. The Kier molecular flexibility index (Phi) is 12.7. The van der Waals surface area contributed by atoms with Crippen molar-refractivity contribution in [1.29, 1.82) is 0 Å². The van der Waals surface area contributed by atoms with E-state index in [2.05, 4.69) is 14.9 Å². The van der Waals surface area contributed by atoms with E-state index in [0.717, 1.165) is 0 Å². The van der Waals surface area contributed by atoms with Crippen LogP contribution in [-0.4, -0.2) is 17.5 Å². The molecule has 0 atom stereocenters. The minimum Gasteiger partial charge on any atom is -0.860 e. The van der Waals surface area contributed by atoms with Crippen molar-refractivity contribution in [1.82, 2.24) is 10.2 Å². The standard InChI is InChI=1S/C3H3BN2O3.2K/c7-4(8)9-3-1-2-5-6-3;;/h1-2H,(H,5,6);;/q-2;2*+1. The van der Waals surface area contributed by atoms with Crippen molar-refractivity contribution in [3.8, 4) is 5.88 Å². The minimum absolute atomic E-state index is 0. The molecule has 0 bridgehead atoms. The minimum atomic E-state index is -2.29. The molecule has 0 unspecified atom stereocenters. The Hall–Kier alpha value is 2.27. The second kappa shape index (κ2) is 8.85. The van der Waals surface area contributed by atoms with Gasteiger partial charge in [0.15, 0.2) is 5.88 Å². The third-order valence-corrected chi connectivity index (χ3v) is 0.698. The van der Waals surface area contributed by atoms with Crippen LogP contribution >= 0.6 is 0 Å². The summed E-state index contributed by atoms with van der Waals surface area (Å²) in [5, 5.41) is 25.3. The first kappa shape index (κ1) is 15.7. The molecule has 1 N–H and O–H groups in total. The van der Waals surface area contributed by atoms with Gasteiger partial charge in [-0.3, -0.25) is 0 Å². The van der Waals surface area contributed by atoms with Gasteiger partial charge in [0.25, 0.3) is 0 Å². The van der Waals surface area contributed by atoms with E-state index >= 15 is 0 Å². The van der Waals surface area contributed by atoms with Crippen molar-refractivity contribution >= 4 is 7.32 Å². The van der Waals surface area contributed by atoms with Gasteiger partial charge in [0.1, 0.15) is 7.32 Å². The second-order valence-electron chi connectivity index (χ2n) is 1.33. The zero-order chi connectivity index (χ0) is 6.69. The fraction of sp³-hybridized carbons (Fsp3) is 0. The van der Waals surface area contributed by atoms with Gasteiger partial charge in [-0.2, -0.15) is 5.10 Å². The van der Waals surface area contributed by atoms with Crippen molar-refractivity contribution in [2.24, 2.45) is 0 Å². The summed E-state index contributed by atoms with van der Waals surface area (Å²) in [6, 6.07) is 1.39. The zero-order valence-corrected chi connectivity index (χ0v) is 12.7. The van der Waals surface area contributed by atoms with Crippen LogP contribution in [0.25, 0.3) is 0 Å². The molecule has 1 heterocycles. The molecule has 0 saturated heterocycles. The van der Waals surface area contributed by atoms with E-state index < -0.39 is 7.32 Å². The van der Waals surface area contributed by atoms with E-state index in [-0.39, 0.29) is 109 Å². The maximum atomic E-state index is 9.77. The molecular formula is C3H3BK2N2O3. The van der Waals surface area contributed by atoms with E-state index in [4.69, 9.17) is 0 Å². The smallest absolute Gasteiger partial charge is 0.860 e. The molecule has 0 amide bonds. The van der Waals surface area contributed by atoms with Gasteiger partial charge < -0.3 is 14.7 Å². The van der Waals surface area contributed by atoms with Gasteiger partial charge in [-0.05, 0) is 0 Å². The van der Waals surface area contributed by atoms with Gasteiger partial charge in [-0.1, -0.05) is 0 Å². The van der Waals surface area contributed by atoms with Crippen LogP contribution in [0.5, 0.6) is 5.88 Å². The van der Waals surface area contributed by atoms with Gasteiger partial charge in [0, 0.05) is 6.07 Å². The molecule has 48 valence electrons.